The predicted molar refractivity (Wildman–Crippen MR) is 49.3 cm³/mol. The molecule has 0 aromatic rings. The molecule has 1 N–H and O–H groups in total. The molecule has 1 nitrogen and oxygen atoms in total. The fourth-order valence-electron chi connectivity index (χ4n) is 1.50. The molecule has 0 fully saturated rings. The van der Waals surface area contributed by atoms with Gasteiger partial charge >= 0.3 is 0 Å². The van der Waals surface area contributed by atoms with Crippen LogP contribution in [0.2, 0.25) is 0 Å². The second-order valence-electron chi connectivity index (χ2n) is 3.54. The van der Waals surface area contributed by atoms with Crippen molar-refractivity contribution in [3.63, 3.8) is 0 Å². The third-order valence-electron chi connectivity index (χ3n) is 2.19. The molecule has 1 heterocycles. The zero-order valence-electron chi connectivity index (χ0n) is 7.86. The molecule has 0 saturated heterocycles. The Bertz CT molecular complexity index is 209. The van der Waals surface area contributed by atoms with E-state index in [1.54, 1.807) is 0 Å². The Balaban J connectivity index is 2.86. The lowest BCUT2D eigenvalue weighted by atomic mass is 9.95. The van der Waals surface area contributed by atoms with Crippen LogP contribution in [0.3, 0.4) is 0 Å². The maximum Gasteiger partial charge on any atom is 0.0365 e. The molecule has 0 aromatic carbocycles. The summed E-state index contributed by atoms with van der Waals surface area (Å²) in [6.07, 6.45) is 2.22. The first-order chi connectivity index (χ1) is 5.11. The molecule has 0 radical (unpaired) electrons. The van der Waals surface area contributed by atoms with Crippen molar-refractivity contribution in [2.24, 2.45) is 5.92 Å². The van der Waals surface area contributed by atoms with Gasteiger partial charge in [-0.25, -0.2) is 0 Å². The fraction of sp³-hybridized carbons (Fsp3) is 0.600. The highest BCUT2D eigenvalue weighted by Crippen LogP contribution is 2.19. The zero-order chi connectivity index (χ0) is 8.43. The summed E-state index contributed by atoms with van der Waals surface area (Å²) in [5.74, 6) is 0.673. The van der Waals surface area contributed by atoms with Gasteiger partial charge in [0.15, 0.2) is 0 Å². The summed E-state index contributed by atoms with van der Waals surface area (Å²) >= 11 is 0. The van der Waals surface area contributed by atoms with Crippen molar-refractivity contribution >= 4 is 0 Å². The van der Waals surface area contributed by atoms with Gasteiger partial charge in [0.05, 0.1) is 0 Å². The van der Waals surface area contributed by atoms with Crippen LogP contribution in [-0.2, 0) is 0 Å². The van der Waals surface area contributed by atoms with Crippen molar-refractivity contribution in [3.05, 3.63) is 22.9 Å². The Morgan fingerprint density at radius 2 is 2.00 bits per heavy atom. The SMILES string of the molecule is CC1=CC(C)=C(C(C)C)CN1. The van der Waals surface area contributed by atoms with Gasteiger partial charge in [0.1, 0.15) is 0 Å². The predicted octanol–water partition coefficient (Wildman–Crippen LogP) is 2.47. The van der Waals surface area contributed by atoms with E-state index in [9.17, 15) is 0 Å². The Morgan fingerprint density at radius 3 is 2.45 bits per heavy atom. The first-order valence-electron chi connectivity index (χ1n) is 4.23. The van der Waals surface area contributed by atoms with Gasteiger partial charge in [-0.2, -0.15) is 0 Å². The lowest BCUT2D eigenvalue weighted by molar-refractivity contribution is 0.686. The van der Waals surface area contributed by atoms with E-state index < -0.39 is 0 Å². The van der Waals surface area contributed by atoms with E-state index in [-0.39, 0.29) is 0 Å². The third-order valence-corrected chi connectivity index (χ3v) is 2.19. The molecule has 0 bridgehead atoms. The smallest absolute Gasteiger partial charge is 0.0365 e. The van der Waals surface area contributed by atoms with Crippen LogP contribution >= 0.6 is 0 Å². The molecule has 1 rings (SSSR count). The highest BCUT2D eigenvalue weighted by atomic mass is 14.9. The second kappa shape index (κ2) is 3.12. The minimum absolute atomic E-state index is 0.673. The molecule has 62 valence electrons. The molecular formula is C10H17N. The van der Waals surface area contributed by atoms with Crippen LogP contribution in [0.1, 0.15) is 27.7 Å². The topological polar surface area (TPSA) is 12.0 Å². The number of hydrogen-bond donors (Lipinski definition) is 1. The van der Waals surface area contributed by atoms with E-state index in [4.69, 9.17) is 0 Å². The summed E-state index contributed by atoms with van der Waals surface area (Å²) in [6.45, 7) is 9.83. The average molecular weight is 151 g/mol. The number of nitrogens with one attached hydrogen (secondary N) is 1. The lowest BCUT2D eigenvalue weighted by Gasteiger charge is -2.21. The van der Waals surface area contributed by atoms with Crippen molar-refractivity contribution in [1.29, 1.82) is 0 Å². The van der Waals surface area contributed by atoms with Gasteiger partial charge in [0.25, 0.3) is 0 Å². The lowest BCUT2D eigenvalue weighted by Crippen LogP contribution is -2.22. The molecule has 0 atom stereocenters. The highest BCUT2D eigenvalue weighted by molar-refractivity contribution is 5.32. The van der Waals surface area contributed by atoms with E-state index in [1.165, 1.54) is 16.8 Å². The molecule has 0 saturated carbocycles. The van der Waals surface area contributed by atoms with E-state index >= 15 is 0 Å². The van der Waals surface area contributed by atoms with Crippen molar-refractivity contribution in [1.82, 2.24) is 5.32 Å². The number of hydrogen-bond acceptors (Lipinski definition) is 1. The number of rotatable bonds is 1. The molecule has 1 heteroatoms. The van der Waals surface area contributed by atoms with Gasteiger partial charge in [-0.05, 0) is 37.0 Å². The maximum absolute atomic E-state index is 3.35. The quantitative estimate of drug-likeness (QED) is 0.607. The fourth-order valence-corrected chi connectivity index (χ4v) is 1.50. The van der Waals surface area contributed by atoms with Crippen LogP contribution in [0.25, 0.3) is 0 Å². The van der Waals surface area contributed by atoms with E-state index in [0.29, 0.717) is 5.92 Å². The van der Waals surface area contributed by atoms with Crippen molar-refractivity contribution in [3.8, 4) is 0 Å². The first-order valence-corrected chi connectivity index (χ1v) is 4.23. The van der Waals surface area contributed by atoms with Crippen LogP contribution in [-0.4, -0.2) is 6.54 Å². The normalized spacial score (nSPS) is 18.5. The summed E-state index contributed by atoms with van der Waals surface area (Å²) in [4.78, 5) is 0. The van der Waals surface area contributed by atoms with E-state index in [1.807, 2.05) is 0 Å². The second-order valence-corrected chi connectivity index (χ2v) is 3.54. The molecule has 0 aromatic heterocycles. The highest BCUT2D eigenvalue weighted by Gasteiger charge is 2.09. The van der Waals surface area contributed by atoms with Crippen LogP contribution in [0, 0.1) is 5.92 Å². The van der Waals surface area contributed by atoms with Gasteiger partial charge in [-0.3, -0.25) is 0 Å². The zero-order valence-corrected chi connectivity index (χ0v) is 7.86. The summed E-state index contributed by atoms with van der Waals surface area (Å²) in [5.41, 5.74) is 4.26. The molecular weight excluding hydrogens is 134 g/mol. The van der Waals surface area contributed by atoms with Crippen molar-refractivity contribution in [2.45, 2.75) is 27.7 Å². The van der Waals surface area contributed by atoms with Gasteiger partial charge in [-0.1, -0.05) is 13.8 Å². The summed E-state index contributed by atoms with van der Waals surface area (Å²) in [7, 11) is 0. The minimum atomic E-state index is 0.673. The summed E-state index contributed by atoms with van der Waals surface area (Å²) in [5, 5.41) is 3.35. The van der Waals surface area contributed by atoms with Crippen LogP contribution in [0.15, 0.2) is 22.9 Å². The van der Waals surface area contributed by atoms with E-state index in [0.717, 1.165) is 6.54 Å². The molecule has 0 amide bonds. The van der Waals surface area contributed by atoms with E-state index in [2.05, 4.69) is 39.1 Å². The first kappa shape index (κ1) is 8.38. The Hall–Kier alpha value is -0.720. The molecule has 0 spiro atoms. The molecule has 0 aliphatic carbocycles. The Labute approximate surface area is 69.2 Å². The Kier molecular flexibility index (Phi) is 2.38. The molecule has 1 aliphatic heterocycles. The molecule has 1 aliphatic rings. The van der Waals surface area contributed by atoms with Crippen LogP contribution in [0.5, 0.6) is 0 Å². The number of allylic oxidation sites excluding steroid dienone is 3. The van der Waals surface area contributed by atoms with Gasteiger partial charge in [0.2, 0.25) is 0 Å². The van der Waals surface area contributed by atoms with Crippen molar-refractivity contribution in [2.75, 3.05) is 6.54 Å². The monoisotopic (exact) mass is 151 g/mol. The number of dihydropyridines is 1. The van der Waals surface area contributed by atoms with Crippen LogP contribution < -0.4 is 5.32 Å². The van der Waals surface area contributed by atoms with Gasteiger partial charge in [-0.15, -0.1) is 0 Å². The summed E-state index contributed by atoms with van der Waals surface area (Å²) in [6, 6.07) is 0. The Morgan fingerprint density at radius 1 is 1.36 bits per heavy atom. The molecule has 0 unspecified atom stereocenters. The summed E-state index contributed by atoms with van der Waals surface area (Å²) < 4.78 is 0. The molecule has 11 heavy (non-hydrogen) atoms. The maximum atomic E-state index is 3.35. The minimum Gasteiger partial charge on any atom is -0.385 e. The van der Waals surface area contributed by atoms with Gasteiger partial charge < -0.3 is 5.32 Å². The average Bonchev–Trinajstić information content (AvgIpc) is 1.85. The largest absolute Gasteiger partial charge is 0.385 e. The standard InChI is InChI=1S/C10H17N/c1-7(2)10-6-11-9(4)5-8(10)3/h5,7,11H,6H2,1-4H3. The third kappa shape index (κ3) is 1.86. The van der Waals surface area contributed by atoms with Crippen LogP contribution in [0.4, 0.5) is 0 Å². The van der Waals surface area contributed by atoms with Gasteiger partial charge in [0, 0.05) is 12.2 Å². The van der Waals surface area contributed by atoms with Crippen molar-refractivity contribution < 1.29 is 0 Å².